The number of nitrogens with zero attached hydrogens (tertiary/aromatic N) is 2. The molecular weight excluding hydrogens is 268 g/mol. The summed E-state index contributed by atoms with van der Waals surface area (Å²) in [5.41, 5.74) is 0.509. The number of ether oxygens (including phenoxy) is 1. The first kappa shape index (κ1) is 17.0. The maximum atomic E-state index is 10.8. The Bertz CT molecular complexity index is 525. The second-order valence-corrected chi connectivity index (χ2v) is 5.36. The zero-order valence-electron chi connectivity index (χ0n) is 13.0. The molecule has 21 heavy (non-hydrogen) atoms. The molecule has 0 fully saturated rings. The number of benzene rings is 1. The minimum absolute atomic E-state index is 0.0198. The van der Waals surface area contributed by atoms with Crippen molar-refractivity contribution in [3.63, 3.8) is 0 Å². The van der Waals surface area contributed by atoms with Gasteiger partial charge in [0.05, 0.1) is 16.6 Å². The first-order valence-electron chi connectivity index (χ1n) is 7.00. The summed E-state index contributed by atoms with van der Waals surface area (Å²) < 4.78 is 5.66. The van der Waals surface area contributed by atoms with E-state index in [1.54, 1.807) is 0 Å². The molecule has 5 nitrogen and oxygen atoms in total. The second-order valence-electron chi connectivity index (χ2n) is 5.36. The number of hydrogen-bond donors (Lipinski definition) is 0. The van der Waals surface area contributed by atoms with Crippen LogP contribution in [-0.2, 0) is 0 Å². The van der Waals surface area contributed by atoms with Crippen LogP contribution in [0.3, 0.4) is 0 Å². The molecule has 1 aromatic carbocycles. The average Bonchev–Trinajstić information content (AvgIpc) is 2.42. The van der Waals surface area contributed by atoms with E-state index in [2.05, 4.69) is 38.5 Å². The molecule has 1 rings (SSSR count). The van der Waals surface area contributed by atoms with Gasteiger partial charge in [-0.3, -0.25) is 15.0 Å². The van der Waals surface area contributed by atoms with E-state index in [-0.39, 0.29) is 5.69 Å². The van der Waals surface area contributed by atoms with Gasteiger partial charge in [-0.1, -0.05) is 5.92 Å². The molecule has 0 atom stereocenters. The fraction of sp³-hybridized carbons (Fsp3) is 0.500. The van der Waals surface area contributed by atoms with E-state index in [4.69, 9.17) is 11.2 Å². The molecule has 0 saturated carbocycles. The molecule has 0 aliphatic carbocycles. The predicted octanol–water partition coefficient (Wildman–Crippen LogP) is 3.07. The number of terminal acetylenes is 1. The number of hydrogen-bond acceptors (Lipinski definition) is 4. The third kappa shape index (κ3) is 4.76. The highest BCUT2D eigenvalue weighted by molar-refractivity contribution is 5.51. The maximum absolute atomic E-state index is 10.8. The summed E-state index contributed by atoms with van der Waals surface area (Å²) in [6.45, 7) is 9.68. The lowest BCUT2D eigenvalue weighted by molar-refractivity contribution is -0.384. The van der Waals surface area contributed by atoms with Crippen LogP contribution in [0, 0.1) is 22.5 Å². The van der Waals surface area contributed by atoms with Gasteiger partial charge in [0.25, 0.3) is 5.69 Å². The monoisotopic (exact) mass is 290 g/mol. The van der Waals surface area contributed by atoms with Gasteiger partial charge in [-0.05, 0) is 33.8 Å². The van der Waals surface area contributed by atoms with E-state index in [1.165, 1.54) is 18.2 Å². The Morgan fingerprint density at radius 3 is 2.43 bits per heavy atom. The highest BCUT2D eigenvalue weighted by atomic mass is 16.6. The molecule has 0 N–H and O–H groups in total. The smallest absolute Gasteiger partial charge is 0.273 e. The van der Waals surface area contributed by atoms with Crippen LogP contribution in [0.4, 0.5) is 5.69 Å². The molecule has 0 bridgehead atoms. The van der Waals surface area contributed by atoms with Crippen molar-refractivity contribution in [2.75, 3.05) is 13.2 Å². The summed E-state index contributed by atoms with van der Waals surface area (Å²) in [5, 5.41) is 10.8. The van der Waals surface area contributed by atoms with Crippen LogP contribution in [0.2, 0.25) is 0 Å². The van der Waals surface area contributed by atoms with Crippen molar-refractivity contribution in [2.45, 2.75) is 39.8 Å². The van der Waals surface area contributed by atoms with Crippen LogP contribution in [0.1, 0.15) is 33.3 Å². The van der Waals surface area contributed by atoms with Crippen LogP contribution in [-0.4, -0.2) is 35.1 Å². The van der Waals surface area contributed by atoms with E-state index in [0.29, 0.717) is 30.0 Å². The molecule has 0 spiro atoms. The van der Waals surface area contributed by atoms with Gasteiger partial charge in [0.15, 0.2) is 0 Å². The van der Waals surface area contributed by atoms with Gasteiger partial charge in [0.2, 0.25) is 0 Å². The molecule has 0 unspecified atom stereocenters. The molecular formula is C16H22N2O3. The standard InChI is InChI=1S/C16H22N2O3/c1-6-14-7-8-15(18(19)20)11-16(14)21-10-9-17(12(2)3)13(4)5/h1,7-8,11-13H,9-10H2,2-5H3. The second kappa shape index (κ2) is 7.65. The van der Waals surface area contributed by atoms with Crippen LogP contribution in [0.25, 0.3) is 0 Å². The molecule has 0 amide bonds. The number of nitro groups is 1. The predicted molar refractivity (Wildman–Crippen MR) is 83.5 cm³/mol. The molecule has 0 saturated heterocycles. The van der Waals surface area contributed by atoms with Crippen LogP contribution in [0.15, 0.2) is 18.2 Å². The Balaban J connectivity index is 2.76. The SMILES string of the molecule is C#Cc1ccc([N+](=O)[O-])cc1OCCN(C(C)C)C(C)C. The van der Waals surface area contributed by atoms with E-state index >= 15 is 0 Å². The Labute approximate surface area is 126 Å². The molecule has 0 aromatic heterocycles. The first-order chi connectivity index (χ1) is 9.86. The number of rotatable bonds is 7. The van der Waals surface area contributed by atoms with E-state index in [9.17, 15) is 10.1 Å². The third-order valence-electron chi connectivity index (χ3n) is 3.27. The average molecular weight is 290 g/mol. The largest absolute Gasteiger partial charge is 0.491 e. The molecule has 0 aliphatic rings. The van der Waals surface area contributed by atoms with Crippen LogP contribution < -0.4 is 4.74 Å². The van der Waals surface area contributed by atoms with Crippen molar-refractivity contribution in [3.8, 4) is 18.1 Å². The van der Waals surface area contributed by atoms with Gasteiger partial charge in [0.1, 0.15) is 12.4 Å². The summed E-state index contributed by atoms with van der Waals surface area (Å²) in [5.74, 6) is 2.87. The highest BCUT2D eigenvalue weighted by Gasteiger charge is 2.14. The topological polar surface area (TPSA) is 55.6 Å². The Kier molecular flexibility index (Phi) is 6.19. The summed E-state index contributed by atoms with van der Waals surface area (Å²) in [4.78, 5) is 12.6. The normalized spacial score (nSPS) is 11.0. The Hall–Kier alpha value is -2.06. The molecule has 0 heterocycles. The zero-order valence-corrected chi connectivity index (χ0v) is 13.0. The molecule has 5 heteroatoms. The van der Waals surface area contributed by atoms with E-state index in [0.717, 1.165) is 6.54 Å². The molecule has 114 valence electrons. The molecule has 0 radical (unpaired) electrons. The van der Waals surface area contributed by atoms with Crippen LogP contribution >= 0.6 is 0 Å². The Morgan fingerprint density at radius 2 is 1.95 bits per heavy atom. The summed E-state index contributed by atoms with van der Waals surface area (Å²) in [6, 6.07) is 5.12. The van der Waals surface area contributed by atoms with Gasteiger partial charge in [-0.25, -0.2) is 0 Å². The summed E-state index contributed by atoms with van der Waals surface area (Å²) in [7, 11) is 0. The van der Waals surface area contributed by atoms with Crippen molar-refractivity contribution in [1.82, 2.24) is 4.90 Å². The lowest BCUT2D eigenvalue weighted by Gasteiger charge is -2.30. The lowest BCUT2D eigenvalue weighted by atomic mass is 10.2. The summed E-state index contributed by atoms with van der Waals surface area (Å²) >= 11 is 0. The molecule has 0 aliphatic heterocycles. The van der Waals surface area contributed by atoms with Gasteiger partial charge in [0, 0.05) is 24.7 Å². The van der Waals surface area contributed by atoms with Gasteiger partial charge < -0.3 is 4.74 Å². The fourth-order valence-corrected chi connectivity index (χ4v) is 2.24. The number of non-ortho nitro benzene ring substituents is 1. The van der Waals surface area contributed by atoms with Crippen molar-refractivity contribution < 1.29 is 9.66 Å². The van der Waals surface area contributed by atoms with E-state index in [1.807, 2.05) is 0 Å². The van der Waals surface area contributed by atoms with Crippen molar-refractivity contribution in [2.24, 2.45) is 0 Å². The highest BCUT2D eigenvalue weighted by Crippen LogP contribution is 2.24. The summed E-state index contributed by atoms with van der Waals surface area (Å²) in [6.07, 6.45) is 5.39. The molecule has 1 aromatic rings. The Morgan fingerprint density at radius 1 is 1.33 bits per heavy atom. The minimum Gasteiger partial charge on any atom is -0.491 e. The zero-order chi connectivity index (χ0) is 16.0. The van der Waals surface area contributed by atoms with Crippen molar-refractivity contribution in [3.05, 3.63) is 33.9 Å². The van der Waals surface area contributed by atoms with Gasteiger partial charge in [-0.2, -0.15) is 0 Å². The first-order valence-corrected chi connectivity index (χ1v) is 7.00. The minimum atomic E-state index is -0.457. The van der Waals surface area contributed by atoms with Crippen LogP contribution in [0.5, 0.6) is 5.75 Å². The third-order valence-corrected chi connectivity index (χ3v) is 3.27. The van der Waals surface area contributed by atoms with Crippen molar-refractivity contribution >= 4 is 5.69 Å². The number of nitro benzene ring substituents is 1. The van der Waals surface area contributed by atoms with Gasteiger partial charge in [-0.15, -0.1) is 6.42 Å². The van der Waals surface area contributed by atoms with Crippen molar-refractivity contribution in [1.29, 1.82) is 0 Å². The quantitative estimate of drug-likeness (QED) is 0.440. The fourth-order valence-electron chi connectivity index (χ4n) is 2.24. The lowest BCUT2D eigenvalue weighted by Crippen LogP contribution is -2.39. The van der Waals surface area contributed by atoms with Gasteiger partial charge >= 0.3 is 0 Å². The van der Waals surface area contributed by atoms with E-state index < -0.39 is 4.92 Å². The maximum Gasteiger partial charge on any atom is 0.273 e.